The molecule has 0 atom stereocenters. The molecular formula is C13H18N4O. The summed E-state index contributed by atoms with van der Waals surface area (Å²) >= 11 is 0. The standard InChI is InChI=1S/C13H18N4O/c1-2-16-8-6-10(7-9-16)13-14-11-4-3-5-12(18)17(11)15-13/h3-5,10H,2,6-9H2,1H3,(H,14,15). The van der Waals surface area contributed by atoms with Crippen molar-refractivity contribution in [3.05, 3.63) is 34.4 Å². The smallest absolute Gasteiger partial charge is 0.271 e. The molecule has 1 aliphatic heterocycles. The number of hydrogen-bond donors (Lipinski definition) is 1. The summed E-state index contributed by atoms with van der Waals surface area (Å²) in [4.78, 5) is 18.6. The van der Waals surface area contributed by atoms with Crippen LogP contribution in [0.4, 0.5) is 0 Å². The van der Waals surface area contributed by atoms with Crippen LogP contribution in [-0.4, -0.2) is 39.1 Å². The summed E-state index contributed by atoms with van der Waals surface area (Å²) < 4.78 is 1.53. The predicted octanol–water partition coefficient (Wildman–Crippen LogP) is 1.22. The molecule has 5 nitrogen and oxygen atoms in total. The van der Waals surface area contributed by atoms with E-state index in [1.165, 1.54) is 4.52 Å². The van der Waals surface area contributed by atoms with Gasteiger partial charge in [0.15, 0.2) is 5.65 Å². The number of nitrogens with one attached hydrogen (secondary N) is 1. The number of fused-ring (bicyclic) bond motifs is 1. The monoisotopic (exact) mass is 246 g/mol. The lowest BCUT2D eigenvalue weighted by Gasteiger charge is -2.29. The van der Waals surface area contributed by atoms with Crippen molar-refractivity contribution in [1.29, 1.82) is 0 Å². The Morgan fingerprint density at radius 1 is 1.39 bits per heavy atom. The quantitative estimate of drug-likeness (QED) is 0.867. The number of hydrogen-bond acceptors (Lipinski definition) is 3. The Balaban J connectivity index is 1.87. The summed E-state index contributed by atoms with van der Waals surface area (Å²) in [5.74, 6) is 1.40. The van der Waals surface area contributed by atoms with E-state index < -0.39 is 0 Å². The minimum absolute atomic E-state index is 0.0442. The highest BCUT2D eigenvalue weighted by Crippen LogP contribution is 2.25. The van der Waals surface area contributed by atoms with Gasteiger partial charge in [-0.25, -0.2) is 9.50 Å². The van der Waals surface area contributed by atoms with E-state index in [0.717, 1.165) is 43.9 Å². The van der Waals surface area contributed by atoms with Crippen LogP contribution >= 0.6 is 0 Å². The fourth-order valence-electron chi connectivity index (χ4n) is 2.65. The number of piperidine rings is 1. The summed E-state index contributed by atoms with van der Waals surface area (Å²) in [5, 5.41) is 3.14. The number of likely N-dealkylation sites (tertiary alicyclic amines) is 1. The first-order chi connectivity index (χ1) is 8.78. The zero-order valence-corrected chi connectivity index (χ0v) is 10.6. The van der Waals surface area contributed by atoms with E-state index >= 15 is 0 Å². The summed E-state index contributed by atoms with van der Waals surface area (Å²) in [7, 11) is 0. The topological polar surface area (TPSA) is 53.4 Å². The second-order valence-electron chi connectivity index (χ2n) is 4.88. The van der Waals surface area contributed by atoms with Gasteiger partial charge in [0.1, 0.15) is 5.82 Å². The van der Waals surface area contributed by atoms with Crippen LogP contribution in [0.2, 0.25) is 0 Å². The molecule has 1 saturated heterocycles. The fourth-order valence-corrected chi connectivity index (χ4v) is 2.65. The van der Waals surface area contributed by atoms with Crippen LogP contribution in [0.15, 0.2) is 23.0 Å². The van der Waals surface area contributed by atoms with Gasteiger partial charge in [-0.1, -0.05) is 13.0 Å². The molecule has 0 amide bonds. The highest BCUT2D eigenvalue weighted by atomic mass is 16.1. The molecule has 1 N–H and O–H groups in total. The molecule has 18 heavy (non-hydrogen) atoms. The van der Waals surface area contributed by atoms with E-state index in [-0.39, 0.29) is 5.56 Å². The first kappa shape index (κ1) is 11.5. The van der Waals surface area contributed by atoms with Crippen molar-refractivity contribution in [1.82, 2.24) is 19.5 Å². The third kappa shape index (κ3) is 1.95. The van der Waals surface area contributed by atoms with Crippen LogP contribution in [0.5, 0.6) is 0 Å². The third-order valence-corrected chi connectivity index (χ3v) is 3.82. The normalized spacial score (nSPS) is 18.5. The van der Waals surface area contributed by atoms with Crippen molar-refractivity contribution in [2.75, 3.05) is 19.6 Å². The Labute approximate surface area is 105 Å². The molecule has 0 saturated carbocycles. The lowest BCUT2D eigenvalue weighted by molar-refractivity contribution is 0.219. The molecule has 0 aromatic carbocycles. The molecule has 1 fully saturated rings. The van der Waals surface area contributed by atoms with Gasteiger partial charge in [0, 0.05) is 12.0 Å². The maximum absolute atomic E-state index is 11.7. The highest BCUT2D eigenvalue weighted by molar-refractivity contribution is 5.36. The van der Waals surface area contributed by atoms with Crippen LogP contribution in [0.1, 0.15) is 31.5 Å². The van der Waals surface area contributed by atoms with Crippen molar-refractivity contribution in [2.45, 2.75) is 25.7 Å². The van der Waals surface area contributed by atoms with Crippen LogP contribution in [0.3, 0.4) is 0 Å². The van der Waals surface area contributed by atoms with E-state index in [4.69, 9.17) is 0 Å². The highest BCUT2D eigenvalue weighted by Gasteiger charge is 2.22. The van der Waals surface area contributed by atoms with Gasteiger partial charge in [0.05, 0.1) is 0 Å². The van der Waals surface area contributed by atoms with Crippen molar-refractivity contribution in [3.63, 3.8) is 0 Å². The lowest BCUT2D eigenvalue weighted by atomic mass is 9.96. The van der Waals surface area contributed by atoms with E-state index in [1.807, 2.05) is 6.07 Å². The second kappa shape index (κ2) is 4.57. The summed E-state index contributed by atoms with van der Waals surface area (Å²) in [6.07, 6.45) is 2.23. The van der Waals surface area contributed by atoms with E-state index in [9.17, 15) is 4.79 Å². The maximum atomic E-state index is 11.7. The van der Waals surface area contributed by atoms with Crippen LogP contribution in [0.25, 0.3) is 5.65 Å². The van der Waals surface area contributed by atoms with Gasteiger partial charge in [0.2, 0.25) is 0 Å². The Morgan fingerprint density at radius 2 is 2.17 bits per heavy atom. The van der Waals surface area contributed by atoms with E-state index in [0.29, 0.717) is 5.92 Å². The molecule has 0 bridgehead atoms. The number of nitrogens with zero attached hydrogens (tertiary/aromatic N) is 3. The molecule has 3 heterocycles. The number of aromatic amines is 1. The molecular weight excluding hydrogens is 228 g/mol. The van der Waals surface area contributed by atoms with Crippen molar-refractivity contribution in [3.8, 4) is 0 Å². The van der Waals surface area contributed by atoms with E-state index in [2.05, 4.69) is 21.9 Å². The summed E-state index contributed by atoms with van der Waals surface area (Å²) in [6, 6.07) is 5.17. The predicted molar refractivity (Wildman–Crippen MR) is 69.9 cm³/mol. The van der Waals surface area contributed by atoms with Crippen LogP contribution in [-0.2, 0) is 0 Å². The number of rotatable bonds is 2. The average molecular weight is 246 g/mol. The van der Waals surface area contributed by atoms with Crippen LogP contribution < -0.4 is 5.56 Å². The first-order valence-electron chi connectivity index (χ1n) is 6.58. The van der Waals surface area contributed by atoms with Crippen molar-refractivity contribution in [2.24, 2.45) is 0 Å². The van der Waals surface area contributed by atoms with Crippen molar-refractivity contribution >= 4 is 5.65 Å². The number of H-pyrrole nitrogens is 1. The summed E-state index contributed by atoms with van der Waals surface area (Å²) in [6.45, 7) is 5.55. The molecule has 0 aliphatic carbocycles. The molecule has 0 unspecified atom stereocenters. The van der Waals surface area contributed by atoms with Crippen molar-refractivity contribution < 1.29 is 0 Å². The number of aromatic nitrogens is 3. The minimum Gasteiger partial charge on any atom is -0.304 e. The largest absolute Gasteiger partial charge is 0.304 e. The van der Waals surface area contributed by atoms with Gasteiger partial charge >= 0.3 is 0 Å². The van der Waals surface area contributed by atoms with Gasteiger partial charge in [-0.05, 0) is 38.5 Å². The van der Waals surface area contributed by atoms with Crippen LogP contribution in [0, 0.1) is 0 Å². The molecule has 0 spiro atoms. The van der Waals surface area contributed by atoms with E-state index in [1.54, 1.807) is 12.1 Å². The molecule has 5 heteroatoms. The maximum Gasteiger partial charge on any atom is 0.271 e. The van der Waals surface area contributed by atoms with Gasteiger partial charge < -0.3 is 4.90 Å². The number of pyridine rings is 1. The molecule has 2 aromatic rings. The van der Waals surface area contributed by atoms with Gasteiger partial charge in [-0.3, -0.25) is 9.89 Å². The van der Waals surface area contributed by atoms with Gasteiger partial charge in [-0.2, -0.15) is 0 Å². The SMILES string of the molecule is CCN1CCC(c2nc3cccc(=O)n3[nH]2)CC1. The lowest BCUT2D eigenvalue weighted by Crippen LogP contribution is -2.32. The Hall–Kier alpha value is -1.62. The fraction of sp³-hybridized carbons (Fsp3) is 0.538. The zero-order valence-electron chi connectivity index (χ0n) is 10.6. The molecule has 3 rings (SSSR count). The van der Waals surface area contributed by atoms with Gasteiger partial charge in [-0.15, -0.1) is 0 Å². The Kier molecular flexibility index (Phi) is 2.91. The molecule has 96 valence electrons. The minimum atomic E-state index is -0.0442. The summed E-state index contributed by atoms with van der Waals surface area (Å²) in [5.41, 5.74) is 0.674. The van der Waals surface area contributed by atoms with Gasteiger partial charge in [0.25, 0.3) is 5.56 Å². The zero-order chi connectivity index (χ0) is 12.5. The molecule has 0 radical (unpaired) electrons. The second-order valence-corrected chi connectivity index (χ2v) is 4.88. The first-order valence-corrected chi connectivity index (χ1v) is 6.58. The Bertz CT molecular complexity index is 592. The average Bonchev–Trinajstić information content (AvgIpc) is 2.84. The third-order valence-electron chi connectivity index (χ3n) is 3.82. The molecule has 1 aliphatic rings. The molecule has 2 aromatic heterocycles. The Morgan fingerprint density at radius 3 is 2.83 bits per heavy atom.